The molecule has 1 aromatic rings. The van der Waals surface area contributed by atoms with Gasteiger partial charge in [-0.25, -0.2) is 4.39 Å². The number of piperidine rings is 1. The first kappa shape index (κ1) is 14.8. The molecular weight excluding hydrogens is 259 g/mol. The third kappa shape index (κ3) is 3.28. The van der Waals surface area contributed by atoms with Crippen LogP contribution in [0.15, 0.2) is 18.2 Å². The molecule has 1 aromatic carbocycles. The maximum atomic E-state index is 13.7. The van der Waals surface area contributed by atoms with Gasteiger partial charge in [-0.1, -0.05) is 6.07 Å². The number of amides is 1. The van der Waals surface area contributed by atoms with Gasteiger partial charge in [-0.2, -0.15) is 0 Å². The summed E-state index contributed by atoms with van der Waals surface area (Å²) in [5.41, 5.74) is 0.254. The molecule has 0 aliphatic carbocycles. The van der Waals surface area contributed by atoms with Crippen LogP contribution in [0.4, 0.5) is 4.39 Å². The van der Waals surface area contributed by atoms with E-state index in [0.29, 0.717) is 6.61 Å². The maximum Gasteiger partial charge on any atom is 0.255 e. The summed E-state index contributed by atoms with van der Waals surface area (Å²) >= 11 is 0. The monoisotopic (exact) mass is 280 g/mol. The fourth-order valence-electron chi connectivity index (χ4n) is 2.47. The second kappa shape index (κ2) is 6.70. The Hall–Kier alpha value is -1.62. The number of rotatable bonds is 4. The van der Waals surface area contributed by atoms with Crippen molar-refractivity contribution in [2.24, 2.45) is 0 Å². The molecule has 0 bridgehead atoms. The summed E-state index contributed by atoms with van der Waals surface area (Å²) in [5.74, 6) is -0.758. The van der Waals surface area contributed by atoms with Crippen LogP contribution in [0.1, 0.15) is 37.0 Å². The van der Waals surface area contributed by atoms with E-state index in [1.54, 1.807) is 13.0 Å². The lowest BCUT2D eigenvalue weighted by Gasteiger charge is -2.30. The van der Waals surface area contributed by atoms with Crippen LogP contribution in [0.5, 0.6) is 5.75 Å². The lowest BCUT2D eigenvalue weighted by Crippen LogP contribution is -2.51. The summed E-state index contributed by atoms with van der Waals surface area (Å²) < 4.78 is 19.0. The van der Waals surface area contributed by atoms with Gasteiger partial charge in [-0.3, -0.25) is 4.79 Å². The van der Waals surface area contributed by atoms with Crippen LogP contribution < -0.4 is 15.4 Å². The molecule has 0 spiro atoms. The molecule has 0 saturated carbocycles. The number of carbonyl (C=O) groups is 1. The standard InChI is InChI=1S/C15H21FN2O2/c1-3-20-14-11(6-4-7-12(14)16)15(19)18-13-8-5-9-17-10(13)2/h4,6-7,10,13,17H,3,5,8-9H2,1-2H3,(H,18,19). The summed E-state index contributed by atoms with van der Waals surface area (Å²) in [5, 5.41) is 6.28. The SMILES string of the molecule is CCOc1c(F)cccc1C(=O)NC1CCCNC1C. The highest BCUT2D eigenvalue weighted by atomic mass is 19.1. The molecule has 110 valence electrons. The van der Waals surface area contributed by atoms with E-state index in [9.17, 15) is 9.18 Å². The molecule has 0 aromatic heterocycles. The van der Waals surface area contributed by atoms with E-state index in [0.717, 1.165) is 19.4 Å². The van der Waals surface area contributed by atoms with Crippen molar-refractivity contribution in [2.45, 2.75) is 38.8 Å². The number of halogens is 1. The van der Waals surface area contributed by atoms with Crippen LogP contribution in [0.3, 0.4) is 0 Å². The molecule has 1 heterocycles. The number of nitrogens with one attached hydrogen (secondary N) is 2. The third-order valence-corrected chi connectivity index (χ3v) is 3.58. The molecule has 5 heteroatoms. The molecule has 1 fully saturated rings. The van der Waals surface area contributed by atoms with Gasteiger partial charge in [0.15, 0.2) is 11.6 Å². The number of carbonyl (C=O) groups excluding carboxylic acids is 1. The second-order valence-corrected chi connectivity index (χ2v) is 5.01. The minimum Gasteiger partial charge on any atom is -0.490 e. The van der Waals surface area contributed by atoms with E-state index in [1.165, 1.54) is 12.1 Å². The molecular formula is C15H21FN2O2. The summed E-state index contributed by atoms with van der Waals surface area (Å²) in [6.45, 7) is 5.10. The van der Waals surface area contributed by atoms with Crippen molar-refractivity contribution < 1.29 is 13.9 Å². The van der Waals surface area contributed by atoms with Crippen molar-refractivity contribution in [2.75, 3.05) is 13.2 Å². The lowest BCUT2D eigenvalue weighted by molar-refractivity contribution is 0.0915. The van der Waals surface area contributed by atoms with Gasteiger partial charge in [-0.05, 0) is 45.4 Å². The minimum absolute atomic E-state index is 0.0314. The highest BCUT2D eigenvalue weighted by Crippen LogP contribution is 2.23. The predicted octanol–water partition coefficient (Wildman–Crippen LogP) is 2.09. The van der Waals surface area contributed by atoms with Crippen molar-refractivity contribution in [3.05, 3.63) is 29.6 Å². The Morgan fingerprint density at radius 2 is 2.35 bits per heavy atom. The van der Waals surface area contributed by atoms with Crippen LogP contribution in [-0.2, 0) is 0 Å². The fraction of sp³-hybridized carbons (Fsp3) is 0.533. The molecule has 2 atom stereocenters. The van der Waals surface area contributed by atoms with Gasteiger partial charge in [0.2, 0.25) is 0 Å². The van der Waals surface area contributed by atoms with Gasteiger partial charge >= 0.3 is 0 Å². The van der Waals surface area contributed by atoms with Crippen molar-refractivity contribution in [1.82, 2.24) is 10.6 Å². The molecule has 2 unspecified atom stereocenters. The number of para-hydroxylation sites is 1. The fourth-order valence-corrected chi connectivity index (χ4v) is 2.47. The Kier molecular flexibility index (Phi) is 4.95. The first-order valence-electron chi connectivity index (χ1n) is 7.09. The highest BCUT2D eigenvalue weighted by molar-refractivity contribution is 5.97. The van der Waals surface area contributed by atoms with Crippen molar-refractivity contribution in [3.63, 3.8) is 0 Å². The molecule has 2 rings (SSSR count). The molecule has 20 heavy (non-hydrogen) atoms. The zero-order valence-electron chi connectivity index (χ0n) is 11.9. The molecule has 1 aliphatic heterocycles. The van der Waals surface area contributed by atoms with Gasteiger partial charge in [0, 0.05) is 12.1 Å². The normalized spacial score (nSPS) is 22.4. The highest BCUT2D eigenvalue weighted by Gasteiger charge is 2.24. The summed E-state index contributed by atoms with van der Waals surface area (Å²) in [4.78, 5) is 12.3. The van der Waals surface area contributed by atoms with Gasteiger partial charge in [0.25, 0.3) is 5.91 Å². The van der Waals surface area contributed by atoms with E-state index >= 15 is 0 Å². The van der Waals surface area contributed by atoms with Gasteiger partial charge in [-0.15, -0.1) is 0 Å². The van der Waals surface area contributed by atoms with Crippen LogP contribution in [0.25, 0.3) is 0 Å². The maximum absolute atomic E-state index is 13.7. The van der Waals surface area contributed by atoms with Gasteiger partial charge < -0.3 is 15.4 Å². The quantitative estimate of drug-likeness (QED) is 0.888. The number of benzene rings is 1. The zero-order chi connectivity index (χ0) is 14.5. The Bertz CT molecular complexity index is 479. The molecule has 2 N–H and O–H groups in total. The van der Waals surface area contributed by atoms with E-state index in [1.807, 2.05) is 6.92 Å². The zero-order valence-corrected chi connectivity index (χ0v) is 11.9. The molecule has 1 aliphatic rings. The van der Waals surface area contributed by atoms with Crippen LogP contribution in [0.2, 0.25) is 0 Å². The third-order valence-electron chi connectivity index (χ3n) is 3.58. The largest absolute Gasteiger partial charge is 0.490 e. The Morgan fingerprint density at radius 1 is 1.55 bits per heavy atom. The van der Waals surface area contributed by atoms with E-state index in [2.05, 4.69) is 10.6 Å². The average molecular weight is 280 g/mol. The average Bonchev–Trinajstić information content (AvgIpc) is 2.43. The first-order chi connectivity index (χ1) is 9.63. The number of hydrogen-bond donors (Lipinski definition) is 2. The van der Waals surface area contributed by atoms with Crippen LogP contribution >= 0.6 is 0 Å². The molecule has 0 radical (unpaired) electrons. The van der Waals surface area contributed by atoms with Crippen molar-refractivity contribution >= 4 is 5.91 Å². The van der Waals surface area contributed by atoms with Gasteiger partial charge in [0.1, 0.15) is 0 Å². The van der Waals surface area contributed by atoms with E-state index in [-0.39, 0.29) is 29.3 Å². The predicted molar refractivity (Wildman–Crippen MR) is 75.5 cm³/mol. The Morgan fingerprint density at radius 3 is 3.05 bits per heavy atom. The molecule has 1 amide bonds. The van der Waals surface area contributed by atoms with Crippen molar-refractivity contribution in [3.8, 4) is 5.75 Å². The molecule has 4 nitrogen and oxygen atoms in total. The summed E-state index contributed by atoms with van der Waals surface area (Å²) in [7, 11) is 0. The number of hydrogen-bond acceptors (Lipinski definition) is 3. The smallest absolute Gasteiger partial charge is 0.255 e. The second-order valence-electron chi connectivity index (χ2n) is 5.01. The number of ether oxygens (including phenoxy) is 1. The van der Waals surface area contributed by atoms with E-state index in [4.69, 9.17) is 4.74 Å². The minimum atomic E-state index is -0.505. The Labute approximate surface area is 118 Å². The molecule has 1 saturated heterocycles. The lowest BCUT2D eigenvalue weighted by atomic mass is 9.99. The first-order valence-corrected chi connectivity index (χ1v) is 7.09. The van der Waals surface area contributed by atoms with Gasteiger partial charge in [0.05, 0.1) is 12.2 Å². The summed E-state index contributed by atoms with van der Waals surface area (Å²) in [6.07, 6.45) is 1.95. The van der Waals surface area contributed by atoms with Crippen LogP contribution in [-0.4, -0.2) is 31.1 Å². The summed E-state index contributed by atoms with van der Waals surface area (Å²) in [6, 6.07) is 4.69. The Balaban J connectivity index is 2.14. The topological polar surface area (TPSA) is 50.4 Å². The van der Waals surface area contributed by atoms with E-state index < -0.39 is 5.82 Å². The van der Waals surface area contributed by atoms with Crippen molar-refractivity contribution in [1.29, 1.82) is 0 Å². The van der Waals surface area contributed by atoms with Crippen LogP contribution in [0, 0.1) is 5.82 Å².